The Hall–Kier alpha value is -2.03. The van der Waals surface area contributed by atoms with E-state index in [-0.39, 0.29) is 5.82 Å². The monoisotopic (exact) mass is 230 g/mol. The average molecular weight is 230 g/mol. The van der Waals surface area contributed by atoms with Crippen LogP contribution in [0.15, 0.2) is 42.5 Å². The van der Waals surface area contributed by atoms with Crippen LogP contribution in [0, 0.1) is 5.82 Å². The highest BCUT2D eigenvalue weighted by atomic mass is 19.1. The van der Waals surface area contributed by atoms with E-state index in [4.69, 9.17) is 5.73 Å². The van der Waals surface area contributed by atoms with Crippen LogP contribution in [0.2, 0.25) is 0 Å². The summed E-state index contributed by atoms with van der Waals surface area (Å²) in [7, 11) is 3.85. The van der Waals surface area contributed by atoms with Crippen molar-refractivity contribution in [2.75, 3.05) is 24.7 Å². The van der Waals surface area contributed by atoms with E-state index in [9.17, 15) is 4.39 Å². The van der Waals surface area contributed by atoms with Gasteiger partial charge in [-0.05, 0) is 24.3 Å². The molecular weight excluding hydrogens is 215 g/mol. The van der Waals surface area contributed by atoms with Crippen LogP contribution in [0.1, 0.15) is 0 Å². The average Bonchev–Trinajstić information content (AvgIpc) is 2.29. The van der Waals surface area contributed by atoms with Crippen LogP contribution in [0.25, 0.3) is 11.1 Å². The quantitative estimate of drug-likeness (QED) is 0.803. The topological polar surface area (TPSA) is 29.3 Å². The summed E-state index contributed by atoms with van der Waals surface area (Å²) >= 11 is 0. The van der Waals surface area contributed by atoms with Crippen LogP contribution in [0.4, 0.5) is 15.8 Å². The molecule has 0 saturated heterocycles. The van der Waals surface area contributed by atoms with Gasteiger partial charge < -0.3 is 10.6 Å². The Labute approximate surface area is 100 Å². The van der Waals surface area contributed by atoms with Crippen molar-refractivity contribution in [1.29, 1.82) is 0 Å². The summed E-state index contributed by atoms with van der Waals surface area (Å²) < 4.78 is 13.8. The van der Waals surface area contributed by atoms with Gasteiger partial charge in [-0.2, -0.15) is 0 Å². The molecule has 2 rings (SSSR count). The fraction of sp³-hybridized carbons (Fsp3) is 0.143. The lowest BCUT2D eigenvalue weighted by Crippen LogP contribution is -2.10. The van der Waals surface area contributed by atoms with E-state index in [2.05, 4.69) is 0 Å². The molecular formula is C14H15FN2. The Kier molecular flexibility index (Phi) is 3.00. The van der Waals surface area contributed by atoms with Gasteiger partial charge in [-0.3, -0.25) is 0 Å². The molecule has 3 heteroatoms. The minimum atomic E-state index is -0.235. The molecule has 0 bridgehead atoms. The highest BCUT2D eigenvalue weighted by Crippen LogP contribution is 2.33. The summed E-state index contributed by atoms with van der Waals surface area (Å²) in [6.45, 7) is 0. The largest absolute Gasteiger partial charge is 0.399 e. The molecule has 2 aromatic rings. The Bertz CT molecular complexity index is 535. The zero-order valence-electron chi connectivity index (χ0n) is 9.94. The zero-order chi connectivity index (χ0) is 12.4. The first kappa shape index (κ1) is 11.5. The SMILES string of the molecule is CN(C)c1ccc(N)cc1-c1ccccc1F. The third kappa shape index (κ3) is 2.23. The van der Waals surface area contributed by atoms with Crippen LogP contribution < -0.4 is 10.6 Å². The van der Waals surface area contributed by atoms with Crippen molar-refractivity contribution in [3.8, 4) is 11.1 Å². The molecule has 17 heavy (non-hydrogen) atoms. The van der Waals surface area contributed by atoms with Crippen LogP contribution in [0.3, 0.4) is 0 Å². The van der Waals surface area contributed by atoms with Gasteiger partial charge in [0.2, 0.25) is 0 Å². The number of hydrogen-bond donors (Lipinski definition) is 1. The number of anilines is 2. The highest BCUT2D eigenvalue weighted by Gasteiger charge is 2.10. The molecule has 0 amide bonds. The van der Waals surface area contributed by atoms with Crippen LogP contribution in [0.5, 0.6) is 0 Å². The zero-order valence-corrected chi connectivity index (χ0v) is 9.94. The number of halogens is 1. The third-order valence-corrected chi connectivity index (χ3v) is 2.67. The van der Waals surface area contributed by atoms with E-state index in [0.717, 1.165) is 11.3 Å². The van der Waals surface area contributed by atoms with Gasteiger partial charge in [0.25, 0.3) is 0 Å². The summed E-state index contributed by atoms with van der Waals surface area (Å²) in [4.78, 5) is 1.95. The van der Waals surface area contributed by atoms with Gasteiger partial charge in [0, 0.05) is 36.6 Å². The van der Waals surface area contributed by atoms with Crippen molar-refractivity contribution in [1.82, 2.24) is 0 Å². The lowest BCUT2D eigenvalue weighted by atomic mass is 10.0. The van der Waals surface area contributed by atoms with Gasteiger partial charge >= 0.3 is 0 Å². The van der Waals surface area contributed by atoms with Gasteiger partial charge in [-0.25, -0.2) is 4.39 Å². The normalized spacial score (nSPS) is 10.3. The molecule has 0 radical (unpaired) electrons. The molecule has 2 aromatic carbocycles. The summed E-state index contributed by atoms with van der Waals surface area (Å²) in [5.74, 6) is -0.235. The van der Waals surface area contributed by atoms with Crippen molar-refractivity contribution in [3.63, 3.8) is 0 Å². The Morgan fingerprint density at radius 1 is 1.00 bits per heavy atom. The maximum absolute atomic E-state index is 13.8. The maximum Gasteiger partial charge on any atom is 0.131 e. The molecule has 0 saturated carbocycles. The fourth-order valence-corrected chi connectivity index (χ4v) is 1.84. The molecule has 88 valence electrons. The van der Waals surface area contributed by atoms with Crippen molar-refractivity contribution in [2.45, 2.75) is 0 Å². The van der Waals surface area contributed by atoms with Crippen LogP contribution >= 0.6 is 0 Å². The second kappa shape index (κ2) is 4.45. The Morgan fingerprint density at radius 3 is 2.35 bits per heavy atom. The van der Waals surface area contributed by atoms with Gasteiger partial charge in [0.1, 0.15) is 5.82 Å². The van der Waals surface area contributed by atoms with Crippen molar-refractivity contribution >= 4 is 11.4 Å². The summed E-state index contributed by atoms with van der Waals surface area (Å²) in [6.07, 6.45) is 0. The van der Waals surface area contributed by atoms with E-state index in [1.165, 1.54) is 6.07 Å². The second-order valence-electron chi connectivity index (χ2n) is 4.15. The molecule has 0 heterocycles. The fourth-order valence-electron chi connectivity index (χ4n) is 1.84. The van der Waals surface area contributed by atoms with E-state index in [1.807, 2.05) is 37.2 Å². The van der Waals surface area contributed by atoms with Crippen LogP contribution in [-0.4, -0.2) is 14.1 Å². The molecule has 0 aliphatic carbocycles. The number of hydrogen-bond acceptors (Lipinski definition) is 2. The summed E-state index contributed by atoms with van der Waals surface area (Å²) in [5.41, 5.74) is 8.74. The van der Waals surface area contributed by atoms with E-state index in [0.29, 0.717) is 11.3 Å². The molecule has 2 nitrogen and oxygen atoms in total. The Morgan fingerprint density at radius 2 is 1.71 bits per heavy atom. The highest BCUT2D eigenvalue weighted by molar-refractivity contribution is 5.81. The van der Waals surface area contributed by atoms with Gasteiger partial charge in [-0.1, -0.05) is 18.2 Å². The van der Waals surface area contributed by atoms with Crippen molar-refractivity contribution in [2.24, 2.45) is 0 Å². The predicted molar refractivity (Wildman–Crippen MR) is 70.6 cm³/mol. The van der Waals surface area contributed by atoms with E-state index in [1.54, 1.807) is 18.2 Å². The number of nitrogen functional groups attached to an aromatic ring is 1. The molecule has 0 spiro atoms. The molecule has 0 fully saturated rings. The predicted octanol–water partition coefficient (Wildman–Crippen LogP) is 3.14. The first-order valence-corrected chi connectivity index (χ1v) is 5.41. The van der Waals surface area contributed by atoms with Crippen LogP contribution in [-0.2, 0) is 0 Å². The lowest BCUT2D eigenvalue weighted by Gasteiger charge is -2.18. The van der Waals surface area contributed by atoms with Crippen molar-refractivity contribution in [3.05, 3.63) is 48.3 Å². The van der Waals surface area contributed by atoms with Gasteiger partial charge in [-0.15, -0.1) is 0 Å². The number of nitrogens with zero attached hydrogens (tertiary/aromatic N) is 1. The second-order valence-corrected chi connectivity index (χ2v) is 4.15. The maximum atomic E-state index is 13.8. The first-order valence-electron chi connectivity index (χ1n) is 5.41. The van der Waals surface area contributed by atoms with E-state index < -0.39 is 0 Å². The molecule has 2 N–H and O–H groups in total. The van der Waals surface area contributed by atoms with E-state index >= 15 is 0 Å². The molecule has 0 unspecified atom stereocenters. The summed E-state index contributed by atoms with van der Waals surface area (Å²) in [6, 6.07) is 12.2. The number of benzene rings is 2. The van der Waals surface area contributed by atoms with Gasteiger partial charge in [0.05, 0.1) is 0 Å². The minimum absolute atomic E-state index is 0.235. The Balaban J connectivity index is 2.65. The molecule has 0 aliphatic heterocycles. The third-order valence-electron chi connectivity index (χ3n) is 2.67. The lowest BCUT2D eigenvalue weighted by molar-refractivity contribution is 0.631. The smallest absolute Gasteiger partial charge is 0.131 e. The van der Waals surface area contributed by atoms with Gasteiger partial charge in [0.15, 0.2) is 0 Å². The number of nitrogens with two attached hydrogens (primary N) is 1. The first-order chi connectivity index (χ1) is 8.09. The standard InChI is InChI=1S/C14H15FN2/c1-17(2)14-8-7-10(16)9-12(14)11-5-3-4-6-13(11)15/h3-9H,16H2,1-2H3. The molecule has 0 aromatic heterocycles. The van der Waals surface area contributed by atoms with Crippen molar-refractivity contribution < 1.29 is 4.39 Å². The summed E-state index contributed by atoms with van der Waals surface area (Å²) in [5, 5.41) is 0. The molecule has 0 aliphatic rings. The number of rotatable bonds is 2. The minimum Gasteiger partial charge on any atom is -0.399 e. The molecule has 0 atom stereocenters.